The fourth-order valence-corrected chi connectivity index (χ4v) is 5.93. The number of aryl methyl sites for hydroxylation is 2. The van der Waals surface area contributed by atoms with Crippen molar-refractivity contribution in [2.24, 2.45) is 5.92 Å². The lowest BCUT2D eigenvalue weighted by atomic mass is 9.97. The average Bonchev–Trinajstić information content (AvgIpc) is 3.22. The minimum atomic E-state index is -3.50. The van der Waals surface area contributed by atoms with Crippen LogP contribution in [0.2, 0.25) is 0 Å². The molecule has 0 spiro atoms. The van der Waals surface area contributed by atoms with Crippen LogP contribution in [0.1, 0.15) is 55.7 Å². The van der Waals surface area contributed by atoms with E-state index in [2.05, 4.69) is 19.2 Å². The first-order chi connectivity index (χ1) is 14.3. The Balaban J connectivity index is 1.36. The first-order valence-corrected chi connectivity index (χ1v) is 12.3. The molecule has 2 aliphatic rings. The van der Waals surface area contributed by atoms with Gasteiger partial charge in [-0.05, 0) is 79.0 Å². The molecule has 1 N–H and O–H groups in total. The molecule has 1 saturated heterocycles. The van der Waals surface area contributed by atoms with Crippen molar-refractivity contribution in [3.8, 4) is 0 Å². The van der Waals surface area contributed by atoms with Gasteiger partial charge in [0.1, 0.15) is 0 Å². The number of carbonyl (C=O) groups excluding carboxylic acids is 1. The lowest BCUT2D eigenvalue weighted by molar-refractivity contribution is -0.120. The van der Waals surface area contributed by atoms with Crippen molar-refractivity contribution >= 4 is 21.6 Å². The number of nitrogens with one attached hydrogen (secondary N) is 1. The van der Waals surface area contributed by atoms with E-state index in [1.54, 1.807) is 6.07 Å². The Kier molecular flexibility index (Phi) is 5.98. The summed E-state index contributed by atoms with van der Waals surface area (Å²) in [4.78, 5) is 13.0. The van der Waals surface area contributed by atoms with Crippen LogP contribution in [0.4, 0.5) is 5.69 Å². The van der Waals surface area contributed by atoms with Crippen LogP contribution in [0.25, 0.3) is 0 Å². The van der Waals surface area contributed by atoms with Gasteiger partial charge in [-0.25, -0.2) is 8.42 Å². The number of carbonyl (C=O) groups is 1. The zero-order chi connectivity index (χ0) is 21.3. The third kappa shape index (κ3) is 4.30. The van der Waals surface area contributed by atoms with Crippen molar-refractivity contribution in [2.45, 2.75) is 56.8 Å². The average molecular weight is 427 g/mol. The van der Waals surface area contributed by atoms with Gasteiger partial charge in [0.25, 0.3) is 0 Å². The maximum atomic E-state index is 13.1. The van der Waals surface area contributed by atoms with Crippen LogP contribution in [0.3, 0.4) is 0 Å². The molecule has 1 aliphatic heterocycles. The zero-order valence-electron chi connectivity index (χ0n) is 17.7. The van der Waals surface area contributed by atoms with Crippen molar-refractivity contribution in [3.63, 3.8) is 0 Å². The summed E-state index contributed by atoms with van der Waals surface area (Å²) in [5.74, 6) is 0.259. The fourth-order valence-electron chi connectivity index (χ4n) is 4.41. The molecule has 0 bridgehead atoms. The van der Waals surface area contributed by atoms with E-state index in [-0.39, 0.29) is 11.8 Å². The molecule has 1 fully saturated rings. The van der Waals surface area contributed by atoms with Gasteiger partial charge in [0.2, 0.25) is 15.9 Å². The van der Waals surface area contributed by atoms with E-state index in [1.807, 2.05) is 36.4 Å². The summed E-state index contributed by atoms with van der Waals surface area (Å²) in [5, 5.41) is 2.98. The SMILES string of the molecule is CC(C)c1ccc(NC(=O)C2CCN(S(=O)(=O)c3ccc4c(c3)CCC4)CC2)cc1. The van der Waals surface area contributed by atoms with Gasteiger partial charge < -0.3 is 5.32 Å². The Morgan fingerprint density at radius 2 is 1.67 bits per heavy atom. The number of piperidine rings is 1. The summed E-state index contributed by atoms with van der Waals surface area (Å²) in [6.45, 7) is 5.03. The molecule has 0 unspecified atom stereocenters. The first-order valence-electron chi connectivity index (χ1n) is 10.9. The van der Waals surface area contributed by atoms with Crippen molar-refractivity contribution in [1.29, 1.82) is 0 Å². The second-order valence-electron chi connectivity index (χ2n) is 8.73. The molecule has 0 aromatic heterocycles. The van der Waals surface area contributed by atoms with Crippen LogP contribution in [-0.4, -0.2) is 31.7 Å². The number of anilines is 1. The summed E-state index contributed by atoms with van der Waals surface area (Å²) >= 11 is 0. The van der Waals surface area contributed by atoms with Crippen LogP contribution in [0.5, 0.6) is 0 Å². The van der Waals surface area contributed by atoms with Gasteiger partial charge in [0.15, 0.2) is 0 Å². The predicted octanol–water partition coefficient (Wildman–Crippen LogP) is 4.34. The number of hydrogen-bond donors (Lipinski definition) is 1. The minimum absolute atomic E-state index is 0.0260. The largest absolute Gasteiger partial charge is 0.326 e. The summed E-state index contributed by atoms with van der Waals surface area (Å²) in [6, 6.07) is 13.5. The van der Waals surface area contributed by atoms with E-state index in [0.717, 1.165) is 30.5 Å². The van der Waals surface area contributed by atoms with E-state index in [9.17, 15) is 13.2 Å². The zero-order valence-corrected chi connectivity index (χ0v) is 18.5. The number of amides is 1. The molecule has 0 saturated carbocycles. The molecule has 0 atom stereocenters. The maximum Gasteiger partial charge on any atom is 0.243 e. The number of rotatable bonds is 5. The minimum Gasteiger partial charge on any atom is -0.326 e. The molecule has 2 aromatic carbocycles. The molecular formula is C24H30N2O3S. The lowest BCUT2D eigenvalue weighted by Gasteiger charge is -2.30. The Bertz CT molecular complexity index is 1020. The van der Waals surface area contributed by atoms with Gasteiger partial charge in [-0.2, -0.15) is 4.31 Å². The van der Waals surface area contributed by atoms with Crippen molar-refractivity contribution < 1.29 is 13.2 Å². The van der Waals surface area contributed by atoms with Gasteiger partial charge in [0.05, 0.1) is 4.90 Å². The van der Waals surface area contributed by atoms with Crippen LogP contribution in [-0.2, 0) is 27.7 Å². The molecule has 2 aromatic rings. The summed E-state index contributed by atoms with van der Waals surface area (Å²) in [5.41, 5.74) is 4.45. The van der Waals surface area contributed by atoms with Crippen LogP contribution >= 0.6 is 0 Å². The molecule has 4 rings (SSSR count). The molecule has 0 radical (unpaired) electrons. The third-order valence-corrected chi connectivity index (χ3v) is 8.27. The topological polar surface area (TPSA) is 66.5 Å². The number of nitrogens with zero attached hydrogens (tertiary/aromatic N) is 1. The number of hydrogen-bond acceptors (Lipinski definition) is 3. The Morgan fingerprint density at radius 1 is 1.00 bits per heavy atom. The second-order valence-corrected chi connectivity index (χ2v) is 10.7. The quantitative estimate of drug-likeness (QED) is 0.773. The lowest BCUT2D eigenvalue weighted by Crippen LogP contribution is -2.41. The van der Waals surface area contributed by atoms with E-state index >= 15 is 0 Å². The van der Waals surface area contributed by atoms with Gasteiger partial charge in [0, 0.05) is 24.7 Å². The fraction of sp³-hybridized carbons (Fsp3) is 0.458. The van der Waals surface area contributed by atoms with Crippen molar-refractivity contribution in [3.05, 3.63) is 59.2 Å². The van der Waals surface area contributed by atoms with Gasteiger partial charge in [-0.1, -0.05) is 32.0 Å². The third-order valence-electron chi connectivity index (χ3n) is 6.38. The van der Waals surface area contributed by atoms with Gasteiger partial charge >= 0.3 is 0 Å². The van der Waals surface area contributed by atoms with Crippen LogP contribution in [0.15, 0.2) is 47.4 Å². The highest BCUT2D eigenvalue weighted by Crippen LogP contribution is 2.29. The summed E-state index contributed by atoms with van der Waals surface area (Å²) in [6.07, 6.45) is 4.18. The first kappa shape index (κ1) is 21.1. The summed E-state index contributed by atoms with van der Waals surface area (Å²) in [7, 11) is -3.50. The molecule has 1 heterocycles. The Hall–Kier alpha value is -2.18. The van der Waals surface area contributed by atoms with Crippen molar-refractivity contribution in [1.82, 2.24) is 4.31 Å². The molecule has 160 valence electrons. The Labute approximate surface area is 179 Å². The monoisotopic (exact) mass is 426 g/mol. The van der Waals surface area contributed by atoms with E-state index in [4.69, 9.17) is 0 Å². The molecule has 30 heavy (non-hydrogen) atoms. The van der Waals surface area contributed by atoms with Gasteiger partial charge in [-0.15, -0.1) is 0 Å². The second kappa shape index (κ2) is 8.52. The molecule has 1 aliphatic carbocycles. The maximum absolute atomic E-state index is 13.1. The highest BCUT2D eigenvalue weighted by atomic mass is 32.2. The highest BCUT2D eigenvalue weighted by Gasteiger charge is 2.32. The normalized spacial score (nSPS) is 17.8. The van der Waals surface area contributed by atoms with Crippen LogP contribution in [0, 0.1) is 5.92 Å². The van der Waals surface area contributed by atoms with E-state index in [0.29, 0.717) is 36.7 Å². The van der Waals surface area contributed by atoms with Crippen LogP contribution < -0.4 is 5.32 Å². The predicted molar refractivity (Wildman–Crippen MR) is 119 cm³/mol. The molecular weight excluding hydrogens is 396 g/mol. The molecule has 1 amide bonds. The number of sulfonamides is 1. The van der Waals surface area contributed by atoms with E-state index in [1.165, 1.54) is 15.4 Å². The smallest absolute Gasteiger partial charge is 0.243 e. The molecule has 6 heteroatoms. The van der Waals surface area contributed by atoms with E-state index < -0.39 is 10.0 Å². The van der Waals surface area contributed by atoms with Gasteiger partial charge in [-0.3, -0.25) is 4.79 Å². The number of benzene rings is 2. The summed E-state index contributed by atoms with van der Waals surface area (Å²) < 4.78 is 27.7. The van der Waals surface area contributed by atoms with Crippen molar-refractivity contribution in [2.75, 3.05) is 18.4 Å². The Morgan fingerprint density at radius 3 is 2.33 bits per heavy atom. The number of fused-ring (bicyclic) bond motifs is 1. The standard InChI is InChI=1S/C24H30N2O3S/c1-17(2)18-6-9-22(10-7-18)25-24(27)20-12-14-26(15-13-20)30(28,29)23-11-8-19-4-3-5-21(19)16-23/h6-11,16-17,20H,3-5,12-15H2,1-2H3,(H,25,27). The highest BCUT2D eigenvalue weighted by molar-refractivity contribution is 7.89. The molecule has 5 nitrogen and oxygen atoms in total.